The maximum absolute atomic E-state index is 12.9. The van der Waals surface area contributed by atoms with Crippen molar-refractivity contribution in [3.05, 3.63) is 88.4 Å². The first-order valence-electron chi connectivity index (χ1n) is 9.45. The van der Waals surface area contributed by atoms with Crippen LogP contribution in [0.1, 0.15) is 15.9 Å². The lowest BCUT2D eigenvalue weighted by atomic mass is 10.1. The van der Waals surface area contributed by atoms with Crippen molar-refractivity contribution >= 4 is 16.9 Å². The topological polar surface area (TPSA) is 87.9 Å². The Kier molecular flexibility index (Phi) is 5.66. The van der Waals surface area contributed by atoms with Crippen LogP contribution >= 0.6 is 0 Å². The van der Waals surface area contributed by atoms with E-state index in [0.717, 1.165) is 5.56 Å². The summed E-state index contributed by atoms with van der Waals surface area (Å²) >= 11 is 0. The minimum Gasteiger partial charge on any atom is -0.489 e. The van der Waals surface area contributed by atoms with E-state index in [0.29, 0.717) is 39.3 Å². The van der Waals surface area contributed by atoms with Crippen LogP contribution in [0.2, 0.25) is 0 Å². The number of esters is 1. The summed E-state index contributed by atoms with van der Waals surface area (Å²) in [4.78, 5) is 28.7. The average Bonchev–Trinajstić information content (AvgIpc) is 2.82. The minimum absolute atomic E-state index is 0.162. The second-order valence-corrected chi connectivity index (χ2v) is 6.71. The van der Waals surface area contributed by atoms with E-state index in [1.54, 1.807) is 54.7 Å². The van der Waals surface area contributed by atoms with E-state index in [1.807, 2.05) is 6.07 Å². The summed E-state index contributed by atoms with van der Waals surface area (Å²) in [6.07, 6.45) is 2.98. The maximum atomic E-state index is 12.9. The number of carbonyl (C=O) groups excluding carboxylic acids is 1. The van der Waals surface area contributed by atoms with E-state index < -0.39 is 5.97 Å². The van der Waals surface area contributed by atoms with Gasteiger partial charge in [-0.15, -0.1) is 0 Å². The number of nitrogens with zero attached hydrogens (tertiary/aromatic N) is 1. The van der Waals surface area contributed by atoms with Gasteiger partial charge in [-0.1, -0.05) is 12.1 Å². The molecule has 0 aliphatic heterocycles. The van der Waals surface area contributed by atoms with Crippen LogP contribution in [-0.4, -0.2) is 25.2 Å². The number of carbonyl (C=O) groups is 1. The molecule has 0 fully saturated rings. The third kappa shape index (κ3) is 4.25. The molecule has 31 heavy (non-hydrogen) atoms. The number of benzene rings is 2. The van der Waals surface area contributed by atoms with Gasteiger partial charge in [0.25, 0.3) is 0 Å². The zero-order valence-corrected chi connectivity index (χ0v) is 17.0. The SMILES string of the molecule is COC(=O)c1cccc(COc2ccc3c(=O)c(-c4ccc(OC)nc4)coc3c2)c1. The van der Waals surface area contributed by atoms with E-state index in [-0.39, 0.29) is 12.0 Å². The molecule has 0 aliphatic rings. The number of fused-ring (bicyclic) bond motifs is 1. The number of hydrogen-bond donors (Lipinski definition) is 0. The zero-order chi connectivity index (χ0) is 21.8. The quantitative estimate of drug-likeness (QED) is 0.434. The van der Waals surface area contributed by atoms with Crippen LogP contribution in [0.15, 0.2) is 76.3 Å². The summed E-state index contributed by atoms with van der Waals surface area (Å²) in [7, 11) is 2.87. The van der Waals surface area contributed by atoms with Crippen molar-refractivity contribution in [3.8, 4) is 22.8 Å². The van der Waals surface area contributed by atoms with Gasteiger partial charge in [0.1, 0.15) is 24.2 Å². The largest absolute Gasteiger partial charge is 0.489 e. The van der Waals surface area contributed by atoms with Crippen molar-refractivity contribution in [1.29, 1.82) is 0 Å². The minimum atomic E-state index is -0.405. The molecule has 0 spiro atoms. The molecule has 0 bridgehead atoms. The second-order valence-electron chi connectivity index (χ2n) is 6.71. The van der Waals surface area contributed by atoms with Gasteiger partial charge in [-0.3, -0.25) is 4.79 Å². The van der Waals surface area contributed by atoms with Crippen molar-refractivity contribution in [3.63, 3.8) is 0 Å². The number of pyridine rings is 1. The van der Waals surface area contributed by atoms with E-state index in [9.17, 15) is 9.59 Å². The van der Waals surface area contributed by atoms with Gasteiger partial charge >= 0.3 is 5.97 Å². The predicted octanol–water partition coefficient (Wildman–Crippen LogP) is 4.23. The first-order valence-corrected chi connectivity index (χ1v) is 9.45. The molecular weight excluding hydrogens is 398 g/mol. The van der Waals surface area contributed by atoms with Crippen molar-refractivity contribution in [1.82, 2.24) is 4.98 Å². The molecule has 0 N–H and O–H groups in total. The lowest BCUT2D eigenvalue weighted by Gasteiger charge is -2.09. The van der Waals surface area contributed by atoms with Crippen molar-refractivity contribution in [2.75, 3.05) is 14.2 Å². The summed E-state index contributed by atoms with van der Waals surface area (Å²) in [6, 6.07) is 15.5. The van der Waals surface area contributed by atoms with E-state index >= 15 is 0 Å². The standard InChI is InChI=1S/C24H19NO6/c1-28-22-9-6-17(12-25-22)20-14-31-21-11-18(7-8-19(21)23(20)26)30-13-15-4-3-5-16(10-15)24(27)29-2/h3-12,14H,13H2,1-2H3. The Morgan fingerprint density at radius 2 is 1.94 bits per heavy atom. The molecule has 0 saturated carbocycles. The number of ether oxygens (including phenoxy) is 3. The summed E-state index contributed by atoms with van der Waals surface area (Å²) in [6.45, 7) is 0.246. The Morgan fingerprint density at radius 3 is 2.68 bits per heavy atom. The fourth-order valence-corrected chi connectivity index (χ4v) is 3.13. The van der Waals surface area contributed by atoms with Crippen LogP contribution < -0.4 is 14.9 Å². The van der Waals surface area contributed by atoms with Crippen LogP contribution in [0.25, 0.3) is 22.1 Å². The molecule has 156 valence electrons. The Hall–Kier alpha value is -4.13. The molecule has 0 saturated heterocycles. The summed E-state index contributed by atoms with van der Waals surface area (Å²) < 4.78 is 21.3. The van der Waals surface area contributed by atoms with Gasteiger partial charge in [0.2, 0.25) is 11.3 Å². The molecule has 0 aliphatic carbocycles. The summed E-state index contributed by atoms with van der Waals surface area (Å²) in [5, 5.41) is 0.438. The highest BCUT2D eigenvalue weighted by Crippen LogP contribution is 2.24. The van der Waals surface area contributed by atoms with Crippen LogP contribution in [-0.2, 0) is 11.3 Å². The van der Waals surface area contributed by atoms with Crippen molar-refractivity contribution < 1.29 is 23.4 Å². The number of rotatable bonds is 6. The van der Waals surface area contributed by atoms with Gasteiger partial charge in [-0.25, -0.2) is 9.78 Å². The van der Waals surface area contributed by atoms with Crippen LogP contribution in [0.5, 0.6) is 11.6 Å². The average molecular weight is 417 g/mol. The molecule has 7 nitrogen and oxygen atoms in total. The van der Waals surface area contributed by atoms with Gasteiger partial charge in [0, 0.05) is 23.9 Å². The predicted molar refractivity (Wildman–Crippen MR) is 114 cm³/mol. The number of methoxy groups -OCH3 is 2. The molecule has 4 rings (SSSR count). The molecule has 2 aromatic heterocycles. The number of hydrogen-bond acceptors (Lipinski definition) is 7. The maximum Gasteiger partial charge on any atom is 0.337 e. The second kappa shape index (κ2) is 8.71. The zero-order valence-electron chi connectivity index (χ0n) is 17.0. The van der Waals surface area contributed by atoms with Gasteiger partial charge in [-0.2, -0.15) is 0 Å². The van der Waals surface area contributed by atoms with Crippen LogP contribution in [0.4, 0.5) is 0 Å². The van der Waals surface area contributed by atoms with E-state index in [4.69, 9.17) is 18.6 Å². The molecule has 4 aromatic rings. The molecule has 7 heteroatoms. The normalized spacial score (nSPS) is 10.6. The van der Waals surface area contributed by atoms with Crippen molar-refractivity contribution in [2.24, 2.45) is 0 Å². The highest BCUT2D eigenvalue weighted by Gasteiger charge is 2.11. The monoisotopic (exact) mass is 417 g/mol. The Morgan fingerprint density at radius 1 is 1.06 bits per heavy atom. The molecule has 0 amide bonds. The first kappa shape index (κ1) is 20.2. The Labute approximate surface area is 177 Å². The molecule has 2 aromatic carbocycles. The van der Waals surface area contributed by atoms with E-state index in [2.05, 4.69) is 4.98 Å². The van der Waals surface area contributed by atoms with Gasteiger partial charge in [0.15, 0.2) is 0 Å². The number of aromatic nitrogens is 1. The van der Waals surface area contributed by atoms with Crippen LogP contribution in [0, 0.1) is 0 Å². The Balaban J connectivity index is 1.56. The molecular formula is C24H19NO6. The smallest absolute Gasteiger partial charge is 0.337 e. The third-order valence-electron chi connectivity index (χ3n) is 4.76. The summed E-state index contributed by atoms with van der Waals surface area (Å²) in [5.74, 6) is 0.600. The fourth-order valence-electron chi connectivity index (χ4n) is 3.13. The summed E-state index contributed by atoms with van der Waals surface area (Å²) in [5.41, 5.74) is 2.57. The lowest BCUT2D eigenvalue weighted by molar-refractivity contribution is 0.0600. The van der Waals surface area contributed by atoms with Gasteiger partial charge in [0.05, 0.1) is 30.7 Å². The fraction of sp³-hybridized carbons (Fsp3) is 0.125. The third-order valence-corrected chi connectivity index (χ3v) is 4.76. The van der Waals surface area contributed by atoms with Gasteiger partial charge in [-0.05, 0) is 35.9 Å². The Bertz CT molecular complexity index is 1290. The molecule has 0 atom stereocenters. The van der Waals surface area contributed by atoms with Crippen LogP contribution in [0.3, 0.4) is 0 Å². The van der Waals surface area contributed by atoms with Crippen molar-refractivity contribution in [2.45, 2.75) is 6.61 Å². The lowest BCUT2D eigenvalue weighted by Crippen LogP contribution is -2.05. The first-order chi connectivity index (χ1) is 15.1. The van der Waals surface area contributed by atoms with Gasteiger partial charge < -0.3 is 18.6 Å². The molecule has 0 unspecified atom stereocenters. The molecule has 0 radical (unpaired) electrons. The molecule has 2 heterocycles. The van der Waals surface area contributed by atoms with E-state index in [1.165, 1.54) is 20.5 Å². The highest BCUT2D eigenvalue weighted by atomic mass is 16.5. The highest BCUT2D eigenvalue weighted by molar-refractivity contribution is 5.89.